The van der Waals surface area contributed by atoms with Crippen LogP contribution in [0.5, 0.6) is 0 Å². The van der Waals surface area contributed by atoms with Crippen LogP contribution in [-0.2, 0) is 22.3 Å². The predicted molar refractivity (Wildman–Crippen MR) is 78.7 cm³/mol. The summed E-state index contributed by atoms with van der Waals surface area (Å²) in [4.78, 5) is 24.2. The first-order valence-electron chi connectivity index (χ1n) is 6.91. The number of hydrogen-bond acceptors (Lipinski definition) is 4. The van der Waals surface area contributed by atoms with Crippen molar-refractivity contribution in [3.8, 4) is 0 Å². The molecule has 0 atom stereocenters. The molecular formula is C17H16O4. The molecule has 0 fully saturated rings. The molecule has 0 bridgehead atoms. The molecule has 108 valence electrons. The molecule has 0 N–H and O–H groups in total. The number of carbonyl (C=O) groups is 2. The normalized spacial score (nSPS) is 13.0. The van der Waals surface area contributed by atoms with E-state index in [1.165, 1.54) is 19.8 Å². The summed E-state index contributed by atoms with van der Waals surface area (Å²) in [6.07, 6.45) is 2.71. The quantitative estimate of drug-likeness (QED) is 0.796. The number of hydrogen-bond donors (Lipinski definition) is 0. The van der Waals surface area contributed by atoms with Crippen molar-refractivity contribution < 1.29 is 19.1 Å². The number of ether oxygens (including phenoxy) is 2. The Morgan fingerprint density at radius 3 is 2.52 bits per heavy atom. The van der Waals surface area contributed by atoms with Crippen molar-refractivity contribution in [3.63, 3.8) is 0 Å². The van der Waals surface area contributed by atoms with Crippen molar-refractivity contribution in [2.75, 3.05) is 14.2 Å². The summed E-state index contributed by atoms with van der Waals surface area (Å²) in [6.45, 7) is 0. The van der Waals surface area contributed by atoms with Gasteiger partial charge in [0.05, 0.1) is 25.3 Å². The van der Waals surface area contributed by atoms with E-state index in [2.05, 4.69) is 6.07 Å². The Balaban J connectivity index is 2.42. The molecular weight excluding hydrogens is 268 g/mol. The van der Waals surface area contributed by atoms with Gasteiger partial charge in [-0.3, -0.25) is 0 Å². The average molecular weight is 284 g/mol. The van der Waals surface area contributed by atoms with Gasteiger partial charge >= 0.3 is 11.9 Å². The molecule has 2 aromatic rings. The second-order valence-electron chi connectivity index (χ2n) is 5.13. The molecule has 4 heteroatoms. The van der Waals surface area contributed by atoms with E-state index in [0.717, 1.165) is 35.6 Å². The van der Waals surface area contributed by atoms with Gasteiger partial charge in [-0.05, 0) is 47.2 Å². The number of aryl methyl sites for hydroxylation is 2. The minimum atomic E-state index is -0.510. The van der Waals surface area contributed by atoms with Crippen molar-refractivity contribution in [2.45, 2.75) is 19.3 Å². The van der Waals surface area contributed by atoms with Crippen LogP contribution >= 0.6 is 0 Å². The van der Waals surface area contributed by atoms with Gasteiger partial charge in [-0.15, -0.1) is 0 Å². The second kappa shape index (κ2) is 5.20. The van der Waals surface area contributed by atoms with Gasteiger partial charge in [0.15, 0.2) is 0 Å². The molecule has 3 rings (SSSR count). The fourth-order valence-electron chi connectivity index (χ4n) is 3.14. The predicted octanol–water partition coefficient (Wildman–Crippen LogP) is 2.90. The molecule has 0 spiro atoms. The van der Waals surface area contributed by atoms with E-state index in [4.69, 9.17) is 9.47 Å². The summed E-state index contributed by atoms with van der Waals surface area (Å²) in [5.74, 6) is -0.992. The molecule has 2 aromatic carbocycles. The van der Waals surface area contributed by atoms with Gasteiger partial charge in [0.1, 0.15) is 0 Å². The second-order valence-corrected chi connectivity index (χ2v) is 5.13. The number of carbonyl (C=O) groups excluding carboxylic acids is 2. The zero-order valence-electron chi connectivity index (χ0n) is 12.1. The van der Waals surface area contributed by atoms with Gasteiger partial charge in [0.2, 0.25) is 0 Å². The molecule has 4 nitrogen and oxygen atoms in total. The Morgan fingerprint density at radius 2 is 1.81 bits per heavy atom. The highest BCUT2D eigenvalue weighted by atomic mass is 16.5. The molecule has 21 heavy (non-hydrogen) atoms. The Labute approximate surface area is 122 Å². The highest BCUT2D eigenvalue weighted by molar-refractivity contribution is 6.10. The maximum atomic E-state index is 12.2. The standard InChI is InChI=1S/C17H16O4/c1-20-16(18)13-9-11-7-3-5-10-6-4-8-12(14(10)11)15(13)17(19)21-2/h3,5,7,9H,4,6,8H2,1-2H3. The van der Waals surface area contributed by atoms with Crippen LogP contribution in [0.25, 0.3) is 10.8 Å². The van der Waals surface area contributed by atoms with Crippen molar-refractivity contribution in [1.29, 1.82) is 0 Å². The third-order valence-electron chi connectivity index (χ3n) is 4.02. The molecule has 0 heterocycles. The highest BCUT2D eigenvalue weighted by Gasteiger charge is 2.27. The lowest BCUT2D eigenvalue weighted by atomic mass is 9.83. The van der Waals surface area contributed by atoms with Crippen LogP contribution in [0, 0.1) is 0 Å². The largest absolute Gasteiger partial charge is 0.465 e. The summed E-state index contributed by atoms with van der Waals surface area (Å²) in [7, 11) is 2.64. The summed E-state index contributed by atoms with van der Waals surface area (Å²) >= 11 is 0. The highest BCUT2D eigenvalue weighted by Crippen LogP contribution is 2.34. The van der Waals surface area contributed by atoms with E-state index >= 15 is 0 Å². The van der Waals surface area contributed by atoms with E-state index in [0.29, 0.717) is 5.56 Å². The first-order valence-corrected chi connectivity index (χ1v) is 6.91. The topological polar surface area (TPSA) is 52.6 Å². The van der Waals surface area contributed by atoms with E-state index in [1.807, 2.05) is 12.1 Å². The lowest BCUT2D eigenvalue weighted by molar-refractivity contribution is 0.0554. The van der Waals surface area contributed by atoms with Crippen molar-refractivity contribution in [2.24, 2.45) is 0 Å². The molecule has 0 aliphatic heterocycles. The van der Waals surface area contributed by atoms with Crippen LogP contribution in [0.1, 0.15) is 38.3 Å². The molecule has 1 aliphatic carbocycles. The van der Waals surface area contributed by atoms with Crippen LogP contribution in [-0.4, -0.2) is 26.2 Å². The van der Waals surface area contributed by atoms with Gasteiger partial charge in [0, 0.05) is 0 Å². The lowest BCUT2D eigenvalue weighted by Gasteiger charge is -2.21. The van der Waals surface area contributed by atoms with E-state index in [9.17, 15) is 9.59 Å². The zero-order valence-corrected chi connectivity index (χ0v) is 12.1. The number of methoxy groups -OCH3 is 2. The fourth-order valence-corrected chi connectivity index (χ4v) is 3.14. The lowest BCUT2D eigenvalue weighted by Crippen LogP contribution is -2.17. The summed E-state index contributed by atoms with van der Waals surface area (Å²) in [5.41, 5.74) is 2.76. The molecule has 1 aliphatic rings. The van der Waals surface area contributed by atoms with Crippen molar-refractivity contribution in [1.82, 2.24) is 0 Å². The van der Waals surface area contributed by atoms with Crippen LogP contribution in [0.2, 0.25) is 0 Å². The van der Waals surface area contributed by atoms with Crippen molar-refractivity contribution >= 4 is 22.7 Å². The van der Waals surface area contributed by atoms with Gasteiger partial charge in [-0.2, -0.15) is 0 Å². The monoisotopic (exact) mass is 284 g/mol. The average Bonchev–Trinajstić information content (AvgIpc) is 2.53. The summed E-state index contributed by atoms with van der Waals surface area (Å²) in [6, 6.07) is 7.74. The maximum Gasteiger partial charge on any atom is 0.339 e. The Bertz CT molecular complexity index is 746. The zero-order chi connectivity index (χ0) is 15.0. The first kappa shape index (κ1) is 13.6. The van der Waals surface area contributed by atoms with E-state index < -0.39 is 11.9 Å². The van der Waals surface area contributed by atoms with Crippen LogP contribution in [0.15, 0.2) is 24.3 Å². The van der Waals surface area contributed by atoms with E-state index in [1.54, 1.807) is 6.07 Å². The van der Waals surface area contributed by atoms with Gasteiger partial charge < -0.3 is 9.47 Å². The van der Waals surface area contributed by atoms with Crippen LogP contribution in [0.4, 0.5) is 0 Å². The van der Waals surface area contributed by atoms with Crippen molar-refractivity contribution in [3.05, 3.63) is 46.5 Å². The molecule has 0 radical (unpaired) electrons. The first-order chi connectivity index (χ1) is 10.2. The number of esters is 2. The van der Waals surface area contributed by atoms with Gasteiger partial charge in [-0.1, -0.05) is 18.2 Å². The number of benzene rings is 2. The minimum absolute atomic E-state index is 0.283. The SMILES string of the molecule is COC(=O)c1cc2cccc3c2c(c1C(=O)OC)CCC3. The summed E-state index contributed by atoms with van der Waals surface area (Å²) < 4.78 is 9.70. The number of rotatable bonds is 2. The van der Waals surface area contributed by atoms with Crippen LogP contribution < -0.4 is 0 Å². The van der Waals surface area contributed by atoms with E-state index in [-0.39, 0.29) is 5.56 Å². The smallest absolute Gasteiger partial charge is 0.339 e. The van der Waals surface area contributed by atoms with Crippen LogP contribution in [0.3, 0.4) is 0 Å². The molecule has 0 amide bonds. The maximum absolute atomic E-state index is 12.2. The molecule has 0 aromatic heterocycles. The Morgan fingerprint density at radius 1 is 1.05 bits per heavy atom. The molecule has 0 saturated heterocycles. The molecule has 0 saturated carbocycles. The Hall–Kier alpha value is -2.36. The third-order valence-corrected chi connectivity index (χ3v) is 4.02. The fraction of sp³-hybridized carbons (Fsp3) is 0.294. The van der Waals surface area contributed by atoms with Gasteiger partial charge in [0.25, 0.3) is 0 Å². The minimum Gasteiger partial charge on any atom is -0.465 e. The third kappa shape index (κ3) is 2.07. The molecule has 0 unspecified atom stereocenters. The Kier molecular flexibility index (Phi) is 3.37. The summed E-state index contributed by atoms with van der Waals surface area (Å²) in [5, 5.41) is 2.05. The van der Waals surface area contributed by atoms with Gasteiger partial charge in [-0.25, -0.2) is 9.59 Å².